The Labute approximate surface area is 121 Å². The Morgan fingerprint density at radius 3 is 2.65 bits per heavy atom. The fourth-order valence-corrected chi connectivity index (χ4v) is 2.16. The van der Waals surface area contributed by atoms with Crippen molar-refractivity contribution in [2.75, 3.05) is 6.54 Å². The minimum atomic E-state index is -4.40. The number of alkyl halides is 3. The molecule has 2 N–H and O–H groups in total. The monoisotopic (exact) mass is 308 g/mol. The van der Waals surface area contributed by atoms with E-state index in [4.69, 9.17) is 0 Å². The molecule has 1 aliphatic heterocycles. The van der Waals surface area contributed by atoms with E-state index in [1.807, 2.05) is 0 Å². The molecule has 0 spiro atoms. The van der Waals surface area contributed by atoms with Crippen LogP contribution in [0.3, 0.4) is 0 Å². The Morgan fingerprint density at radius 1 is 1.35 bits per heavy atom. The number of benzene rings is 1. The molecule has 0 aromatic heterocycles. The molecule has 1 unspecified atom stereocenters. The molecule has 20 heavy (non-hydrogen) atoms. The zero-order valence-electron chi connectivity index (χ0n) is 10.7. The minimum absolute atomic E-state index is 0. The summed E-state index contributed by atoms with van der Waals surface area (Å²) < 4.78 is 38.2. The van der Waals surface area contributed by atoms with E-state index in [9.17, 15) is 18.0 Å². The van der Waals surface area contributed by atoms with E-state index in [2.05, 4.69) is 10.6 Å². The number of halogens is 4. The molecule has 1 aromatic carbocycles. The summed E-state index contributed by atoms with van der Waals surface area (Å²) in [5.74, 6) is -0.241. The molecule has 1 heterocycles. The van der Waals surface area contributed by atoms with Crippen LogP contribution in [-0.2, 0) is 17.5 Å². The van der Waals surface area contributed by atoms with Crippen molar-refractivity contribution >= 4 is 18.3 Å². The molecular formula is C13H16ClF3N2O. The number of hydrogen-bond acceptors (Lipinski definition) is 2. The minimum Gasteiger partial charge on any atom is -0.351 e. The number of carbonyl (C=O) groups is 1. The van der Waals surface area contributed by atoms with Crippen LogP contribution in [0.2, 0.25) is 0 Å². The lowest BCUT2D eigenvalue weighted by Crippen LogP contribution is -2.40. The van der Waals surface area contributed by atoms with Crippen molar-refractivity contribution in [3.05, 3.63) is 35.4 Å². The number of hydrogen-bond donors (Lipinski definition) is 2. The summed E-state index contributed by atoms with van der Waals surface area (Å²) in [6.07, 6.45) is -2.75. The highest BCUT2D eigenvalue weighted by molar-refractivity contribution is 5.85. The summed E-state index contributed by atoms with van der Waals surface area (Å²) in [6, 6.07) is 5.00. The predicted octanol–water partition coefficient (Wildman–Crippen LogP) is 2.50. The topological polar surface area (TPSA) is 41.1 Å². The first-order valence-corrected chi connectivity index (χ1v) is 6.14. The predicted molar refractivity (Wildman–Crippen MR) is 71.6 cm³/mol. The zero-order chi connectivity index (χ0) is 13.9. The fraction of sp³-hybridized carbons (Fsp3) is 0.462. The van der Waals surface area contributed by atoms with E-state index in [0.717, 1.165) is 25.5 Å². The lowest BCUT2D eigenvalue weighted by atomic mass is 10.1. The maximum Gasteiger partial charge on any atom is 0.416 e. The zero-order valence-corrected chi connectivity index (χ0v) is 11.5. The van der Waals surface area contributed by atoms with Crippen LogP contribution in [0, 0.1) is 0 Å². The van der Waals surface area contributed by atoms with E-state index in [0.29, 0.717) is 0 Å². The summed E-state index contributed by atoms with van der Waals surface area (Å²) in [5.41, 5.74) is -0.615. The summed E-state index contributed by atoms with van der Waals surface area (Å²) >= 11 is 0. The third-order valence-electron chi connectivity index (χ3n) is 3.15. The Hall–Kier alpha value is -1.27. The van der Waals surface area contributed by atoms with Gasteiger partial charge in [0.25, 0.3) is 0 Å². The van der Waals surface area contributed by atoms with Crippen molar-refractivity contribution in [3.63, 3.8) is 0 Å². The molecule has 7 heteroatoms. The second kappa shape index (κ2) is 6.95. The van der Waals surface area contributed by atoms with Gasteiger partial charge in [0.15, 0.2) is 0 Å². The van der Waals surface area contributed by atoms with Gasteiger partial charge < -0.3 is 10.6 Å². The molecule has 1 fully saturated rings. The van der Waals surface area contributed by atoms with Crippen LogP contribution in [0.1, 0.15) is 24.0 Å². The van der Waals surface area contributed by atoms with E-state index >= 15 is 0 Å². The molecule has 1 saturated heterocycles. The number of nitrogens with one attached hydrogen (secondary N) is 2. The molecule has 0 aliphatic carbocycles. The van der Waals surface area contributed by atoms with Crippen molar-refractivity contribution in [1.29, 1.82) is 0 Å². The molecule has 0 radical (unpaired) electrons. The van der Waals surface area contributed by atoms with Crippen molar-refractivity contribution in [2.45, 2.75) is 31.6 Å². The maximum absolute atomic E-state index is 12.7. The third kappa shape index (κ3) is 4.11. The van der Waals surface area contributed by atoms with Gasteiger partial charge in [-0.1, -0.05) is 18.2 Å². The molecule has 1 amide bonds. The molecule has 3 nitrogen and oxygen atoms in total. The van der Waals surface area contributed by atoms with Crippen LogP contribution in [0.4, 0.5) is 13.2 Å². The molecule has 2 rings (SSSR count). The number of amides is 1. The fourth-order valence-electron chi connectivity index (χ4n) is 2.16. The highest BCUT2D eigenvalue weighted by Gasteiger charge is 2.33. The van der Waals surface area contributed by atoms with Gasteiger partial charge in [-0.2, -0.15) is 13.2 Å². The van der Waals surface area contributed by atoms with Crippen LogP contribution < -0.4 is 10.6 Å². The van der Waals surface area contributed by atoms with Gasteiger partial charge in [0.1, 0.15) is 0 Å². The Bertz CT molecular complexity index is 459. The van der Waals surface area contributed by atoms with Gasteiger partial charge in [-0.3, -0.25) is 4.79 Å². The second-order valence-electron chi connectivity index (χ2n) is 4.52. The highest BCUT2D eigenvalue weighted by Crippen LogP contribution is 2.31. The Kier molecular flexibility index (Phi) is 5.83. The molecule has 1 atom stereocenters. The average molecular weight is 309 g/mol. The van der Waals surface area contributed by atoms with Gasteiger partial charge in [0.05, 0.1) is 11.6 Å². The molecular weight excluding hydrogens is 293 g/mol. The molecule has 1 aliphatic rings. The van der Waals surface area contributed by atoms with E-state index in [1.165, 1.54) is 18.2 Å². The van der Waals surface area contributed by atoms with Crippen molar-refractivity contribution in [2.24, 2.45) is 0 Å². The third-order valence-corrected chi connectivity index (χ3v) is 3.15. The second-order valence-corrected chi connectivity index (χ2v) is 4.52. The van der Waals surface area contributed by atoms with Crippen LogP contribution >= 0.6 is 12.4 Å². The molecule has 0 bridgehead atoms. The summed E-state index contributed by atoms with van der Waals surface area (Å²) in [5, 5.41) is 5.56. The summed E-state index contributed by atoms with van der Waals surface area (Å²) in [7, 11) is 0. The van der Waals surface area contributed by atoms with Crippen LogP contribution in [-0.4, -0.2) is 18.5 Å². The molecule has 112 valence electrons. The maximum atomic E-state index is 12.7. The van der Waals surface area contributed by atoms with Crippen LogP contribution in [0.5, 0.6) is 0 Å². The Morgan fingerprint density at radius 2 is 2.05 bits per heavy atom. The first-order valence-electron chi connectivity index (χ1n) is 6.14. The smallest absolute Gasteiger partial charge is 0.351 e. The van der Waals surface area contributed by atoms with E-state index in [-0.39, 0.29) is 36.5 Å². The SMILES string of the molecule is Cl.O=C(NCc1ccccc1C(F)(F)F)C1CCCN1. The van der Waals surface area contributed by atoms with Crippen molar-refractivity contribution in [3.8, 4) is 0 Å². The largest absolute Gasteiger partial charge is 0.416 e. The lowest BCUT2D eigenvalue weighted by Gasteiger charge is -2.15. The average Bonchev–Trinajstić information content (AvgIpc) is 2.89. The van der Waals surface area contributed by atoms with Gasteiger partial charge in [-0.05, 0) is 31.0 Å². The summed E-state index contributed by atoms with van der Waals surface area (Å²) in [6.45, 7) is 0.671. The van der Waals surface area contributed by atoms with Gasteiger partial charge in [0.2, 0.25) is 5.91 Å². The first-order chi connectivity index (χ1) is 8.98. The summed E-state index contributed by atoms with van der Waals surface area (Å²) in [4.78, 5) is 11.7. The normalized spacial score (nSPS) is 18.4. The quantitative estimate of drug-likeness (QED) is 0.901. The van der Waals surface area contributed by atoms with Gasteiger partial charge >= 0.3 is 6.18 Å². The van der Waals surface area contributed by atoms with Crippen molar-refractivity contribution in [1.82, 2.24) is 10.6 Å². The van der Waals surface area contributed by atoms with Crippen LogP contribution in [0.25, 0.3) is 0 Å². The highest BCUT2D eigenvalue weighted by atomic mass is 35.5. The van der Waals surface area contributed by atoms with Gasteiger partial charge in [-0.15, -0.1) is 12.4 Å². The first kappa shape index (κ1) is 16.8. The Balaban J connectivity index is 0.00000200. The van der Waals surface area contributed by atoms with E-state index < -0.39 is 11.7 Å². The molecule has 1 aromatic rings. The van der Waals surface area contributed by atoms with E-state index in [1.54, 1.807) is 0 Å². The van der Waals surface area contributed by atoms with Crippen LogP contribution in [0.15, 0.2) is 24.3 Å². The van der Waals surface area contributed by atoms with Gasteiger partial charge in [0, 0.05) is 6.54 Å². The lowest BCUT2D eigenvalue weighted by molar-refractivity contribution is -0.138. The standard InChI is InChI=1S/C13H15F3N2O.ClH/c14-13(15,16)10-5-2-1-4-9(10)8-18-12(19)11-6-3-7-17-11;/h1-2,4-5,11,17H,3,6-8H2,(H,18,19);1H. The number of carbonyl (C=O) groups excluding carboxylic acids is 1. The van der Waals surface area contributed by atoms with Crippen molar-refractivity contribution < 1.29 is 18.0 Å². The van der Waals surface area contributed by atoms with Gasteiger partial charge in [-0.25, -0.2) is 0 Å². The number of rotatable bonds is 3. The molecule has 0 saturated carbocycles.